The maximum atomic E-state index is 12.4. The molecule has 4 N–H and O–H groups in total. The lowest BCUT2D eigenvalue weighted by Gasteiger charge is -2.28. The van der Waals surface area contributed by atoms with E-state index in [1.54, 1.807) is 0 Å². The van der Waals surface area contributed by atoms with Gasteiger partial charge >= 0.3 is 0 Å². The summed E-state index contributed by atoms with van der Waals surface area (Å²) in [5.74, 6) is -0.305. The Labute approximate surface area is 113 Å². The Bertz CT molecular complexity index is 479. The van der Waals surface area contributed by atoms with Crippen LogP contribution in [0.3, 0.4) is 0 Å². The van der Waals surface area contributed by atoms with E-state index in [9.17, 15) is 4.79 Å². The summed E-state index contributed by atoms with van der Waals surface area (Å²) >= 11 is 0. The average molecular weight is 263 g/mol. The number of carbonyl (C=O) groups is 1. The molecule has 0 aliphatic carbocycles. The van der Waals surface area contributed by atoms with Crippen LogP contribution in [0.4, 0.5) is 5.69 Å². The number of nitrogens with one attached hydrogen (secondary N) is 1. The molecule has 5 heteroatoms. The molecule has 5 nitrogen and oxygen atoms in total. The summed E-state index contributed by atoms with van der Waals surface area (Å²) in [7, 11) is 0. The van der Waals surface area contributed by atoms with Crippen LogP contribution in [-0.4, -0.2) is 17.0 Å². The van der Waals surface area contributed by atoms with E-state index in [1.807, 2.05) is 45.0 Å². The fraction of sp³-hybridized carbons (Fsp3) is 0.429. The van der Waals surface area contributed by atoms with E-state index in [0.29, 0.717) is 18.5 Å². The molecule has 0 spiro atoms. The number of hydrogen-bond acceptors (Lipinski definition) is 3. The van der Waals surface area contributed by atoms with Gasteiger partial charge in [0.1, 0.15) is 5.41 Å². The number of hydrogen-bond donors (Lipinski definition) is 3. The number of carbonyl (C=O) groups excluding carboxylic acids is 1. The number of amidine groups is 1. The Hall–Kier alpha value is -2.04. The van der Waals surface area contributed by atoms with Crippen LogP contribution < -0.4 is 11.1 Å². The van der Waals surface area contributed by atoms with Crippen LogP contribution in [0.1, 0.15) is 32.3 Å². The van der Waals surface area contributed by atoms with Crippen LogP contribution in [0, 0.1) is 12.3 Å². The summed E-state index contributed by atoms with van der Waals surface area (Å²) < 4.78 is 0. The van der Waals surface area contributed by atoms with E-state index < -0.39 is 5.41 Å². The first-order valence-electron chi connectivity index (χ1n) is 6.36. The van der Waals surface area contributed by atoms with Gasteiger partial charge in [-0.15, -0.1) is 0 Å². The smallest absolute Gasteiger partial charge is 0.238 e. The molecule has 0 fully saturated rings. The Kier molecular flexibility index (Phi) is 4.92. The Morgan fingerprint density at radius 3 is 2.53 bits per heavy atom. The third-order valence-corrected chi connectivity index (χ3v) is 3.52. The molecule has 0 bridgehead atoms. The second kappa shape index (κ2) is 6.22. The molecule has 1 rings (SSSR count). The van der Waals surface area contributed by atoms with E-state index in [0.717, 1.165) is 5.56 Å². The highest BCUT2D eigenvalue weighted by Crippen LogP contribution is 2.28. The molecule has 0 saturated carbocycles. The topological polar surface area (TPSA) is 87.7 Å². The van der Waals surface area contributed by atoms with Crippen molar-refractivity contribution in [3.63, 3.8) is 0 Å². The summed E-state index contributed by atoms with van der Waals surface area (Å²) in [6, 6.07) is 7.51. The fourth-order valence-electron chi connectivity index (χ4n) is 2.12. The lowest BCUT2D eigenvalue weighted by molar-refractivity contribution is -0.122. The first-order chi connectivity index (χ1) is 9.00. The molecule has 0 heterocycles. The van der Waals surface area contributed by atoms with E-state index >= 15 is 0 Å². The van der Waals surface area contributed by atoms with E-state index in [4.69, 9.17) is 10.9 Å². The SMILES string of the molecule is CCC(CC)(C(=O)Nc1cccc(C)c1)C(N)=NO. The summed E-state index contributed by atoms with van der Waals surface area (Å²) in [4.78, 5) is 12.4. The zero-order valence-electron chi connectivity index (χ0n) is 11.6. The number of nitrogens with zero attached hydrogens (tertiary/aromatic N) is 1. The van der Waals surface area contributed by atoms with E-state index in [-0.39, 0.29) is 11.7 Å². The third-order valence-electron chi connectivity index (χ3n) is 3.52. The first-order valence-corrected chi connectivity index (χ1v) is 6.36. The predicted molar refractivity (Wildman–Crippen MR) is 76.2 cm³/mol. The highest BCUT2D eigenvalue weighted by atomic mass is 16.4. The lowest BCUT2D eigenvalue weighted by Crippen LogP contribution is -2.46. The summed E-state index contributed by atoms with van der Waals surface area (Å²) in [5, 5.41) is 14.7. The van der Waals surface area contributed by atoms with Crippen molar-refractivity contribution < 1.29 is 10.0 Å². The van der Waals surface area contributed by atoms with Gasteiger partial charge in [0.2, 0.25) is 5.91 Å². The van der Waals surface area contributed by atoms with Crippen molar-refractivity contribution >= 4 is 17.4 Å². The molecule has 0 radical (unpaired) electrons. The minimum atomic E-state index is -0.974. The maximum absolute atomic E-state index is 12.4. The standard InChI is InChI=1S/C14H21N3O2/c1-4-14(5-2,12(15)17-19)13(18)16-11-8-6-7-10(3)9-11/h6-9,19H,4-5H2,1-3H3,(H2,15,17)(H,16,18). The van der Waals surface area contributed by atoms with Gasteiger partial charge in [0.15, 0.2) is 5.84 Å². The van der Waals surface area contributed by atoms with Crippen LogP contribution >= 0.6 is 0 Å². The van der Waals surface area contributed by atoms with E-state index in [1.165, 1.54) is 0 Å². The fourth-order valence-corrected chi connectivity index (χ4v) is 2.12. The number of oxime groups is 1. The van der Waals surface area contributed by atoms with Crippen molar-refractivity contribution in [1.29, 1.82) is 0 Å². The molecule has 1 aromatic rings. The van der Waals surface area contributed by atoms with Gasteiger partial charge in [0.25, 0.3) is 0 Å². The Morgan fingerprint density at radius 2 is 2.05 bits per heavy atom. The molecule has 19 heavy (non-hydrogen) atoms. The Morgan fingerprint density at radius 1 is 1.42 bits per heavy atom. The normalized spacial score (nSPS) is 12.3. The minimum absolute atomic E-state index is 0.0531. The summed E-state index contributed by atoms with van der Waals surface area (Å²) in [6.45, 7) is 5.64. The number of amides is 1. The zero-order valence-corrected chi connectivity index (χ0v) is 11.6. The molecule has 0 aromatic heterocycles. The largest absolute Gasteiger partial charge is 0.409 e. The van der Waals surface area contributed by atoms with Crippen LogP contribution in [0.25, 0.3) is 0 Å². The molecule has 1 amide bonds. The van der Waals surface area contributed by atoms with Gasteiger partial charge in [0, 0.05) is 5.69 Å². The van der Waals surface area contributed by atoms with Crippen LogP contribution in [0.5, 0.6) is 0 Å². The molecule has 0 aliphatic rings. The van der Waals surface area contributed by atoms with Gasteiger partial charge < -0.3 is 16.3 Å². The molecule has 0 aliphatic heterocycles. The number of benzene rings is 1. The first kappa shape index (κ1) is 15.0. The number of nitrogens with two attached hydrogens (primary N) is 1. The predicted octanol–water partition coefficient (Wildman–Crippen LogP) is 2.49. The van der Waals surface area contributed by atoms with Gasteiger partial charge in [-0.1, -0.05) is 31.1 Å². The number of rotatable bonds is 5. The van der Waals surface area contributed by atoms with Crippen molar-refractivity contribution in [3.05, 3.63) is 29.8 Å². The molecular formula is C14H21N3O2. The van der Waals surface area contributed by atoms with Crippen molar-refractivity contribution in [2.24, 2.45) is 16.3 Å². The summed E-state index contributed by atoms with van der Waals surface area (Å²) in [5.41, 5.74) is 6.49. The van der Waals surface area contributed by atoms with Gasteiger partial charge in [0.05, 0.1) is 0 Å². The van der Waals surface area contributed by atoms with Gasteiger partial charge in [-0.05, 0) is 37.5 Å². The minimum Gasteiger partial charge on any atom is -0.409 e. The van der Waals surface area contributed by atoms with Crippen molar-refractivity contribution in [2.75, 3.05) is 5.32 Å². The lowest BCUT2D eigenvalue weighted by atomic mass is 9.80. The van der Waals surface area contributed by atoms with Crippen molar-refractivity contribution in [1.82, 2.24) is 0 Å². The summed E-state index contributed by atoms with van der Waals surface area (Å²) in [6.07, 6.45) is 0.939. The van der Waals surface area contributed by atoms with Crippen LogP contribution in [0.2, 0.25) is 0 Å². The molecular weight excluding hydrogens is 242 g/mol. The van der Waals surface area contributed by atoms with Gasteiger partial charge in [-0.2, -0.15) is 0 Å². The molecule has 0 unspecified atom stereocenters. The zero-order chi connectivity index (χ0) is 14.5. The monoisotopic (exact) mass is 263 g/mol. The quantitative estimate of drug-likeness (QED) is 0.330. The number of aryl methyl sites for hydroxylation is 1. The van der Waals surface area contributed by atoms with Crippen molar-refractivity contribution in [2.45, 2.75) is 33.6 Å². The van der Waals surface area contributed by atoms with Gasteiger partial charge in [-0.25, -0.2) is 0 Å². The molecule has 0 saturated heterocycles. The molecule has 104 valence electrons. The second-order valence-corrected chi connectivity index (χ2v) is 4.60. The highest BCUT2D eigenvalue weighted by molar-refractivity contribution is 6.11. The Balaban J connectivity index is 3.02. The molecule has 1 aromatic carbocycles. The molecule has 0 atom stereocenters. The van der Waals surface area contributed by atoms with Crippen LogP contribution in [-0.2, 0) is 4.79 Å². The second-order valence-electron chi connectivity index (χ2n) is 4.60. The maximum Gasteiger partial charge on any atom is 0.238 e. The highest BCUT2D eigenvalue weighted by Gasteiger charge is 2.39. The van der Waals surface area contributed by atoms with Crippen LogP contribution in [0.15, 0.2) is 29.4 Å². The van der Waals surface area contributed by atoms with E-state index in [2.05, 4.69) is 10.5 Å². The average Bonchev–Trinajstić information content (AvgIpc) is 2.40. The third kappa shape index (κ3) is 3.05. The van der Waals surface area contributed by atoms with Crippen molar-refractivity contribution in [3.8, 4) is 0 Å². The van der Waals surface area contributed by atoms with Gasteiger partial charge in [-0.3, -0.25) is 4.79 Å². The number of anilines is 1.